The molecule has 0 amide bonds. The van der Waals surface area contributed by atoms with E-state index in [0.717, 1.165) is 12.0 Å². The third-order valence-electron chi connectivity index (χ3n) is 5.58. The first kappa shape index (κ1) is 15.7. The molecule has 2 atom stereocenters. The summed E-state index contributed by atoms with van der Waals surface area (Å²) in [6, 6.07) is 0.763. The number of hydrogen-bond acceptors (Lipinski definition) is 2. The number of rotatable bonds is 4. The predicted octanol–water partition coefficient (Wildman–Crippen LogP) is 4.86. The van der Waals surface area contributed by atoms with Gasteiger partial charge in [-0.3, -0.25) is 0 Å². The summed E-state index contributed by atoms with van der Waals surface area (Å²) < 4.78 is 0.547. The first-order valence-electron chi connectivity index (χ1n) is 8.25. The van der Waals surface area contributed by atoms with E-state index in [0.29, 0.717) is 10.2 Å². The normalized spacial score (nSPS) is 34.1. The standard InChI is InChI=1S/C17H33NS/c1-14-12-16(2,3)11-8-15(14)18-13-17(19-4)9-6-5-7-10-17/h14-15,18H,5-13H2,1-4H3. The van der Waals surface area contributed by atoms with Gasteiger partial charge in [-0.2, -0.15) is 11.8 Å². The third-order valence-corrected chi connectivity index (χ3v) is 7.00. The second-order valence-electron chi connectivity index (χ2n) is 7.82. The summed E-state index contributed by atoms with van der Waals surface area (Å²) in [6.07, 6.45) is 13.7. The Kier molecular flexibility index (Phi) is 5.28. The Labute approximate surface area is 124 Å². The van der Waals surface area contributed by atoms with E-state index in [9.17, 15) is 0 Å². The summed E-state index contributed by atoms with van der Waals surface area (Å²) in [5, 5.41) is 3.95. The van der Waals surface area contributed by atoms with Crippen LogP contribution in [-0.4, -0.2) is 23.6 Å². The average Bonchev–Trinajstić information content (AvgIpc) is 2.38. The molecule has 2 fully saturated rings. The lowest BCUT2D eigenvalue weighted by atomic mass is 9.70. The lowest BCUT2D eigenvalue weighted by molar-refractivity contribution is 0.145. The van der Waals surface area contributed by atoms with Crippen molar-refractivity contribution in [1.29, 1.82) is 0 Å². The lowest BCUT2D eigenvalue weighted by Crippen LogP contribution is -2.48. The highest BCUT2D eigenvalue weighted by Crippen LogP contribution is 2.41. The van der Waals surface area contributed by atoms with Crippen LogP contribution in [0, 0.1) is 11.3 Å². The fourth-order valence-electron chi connectivity index (χ4n) is 4.22. The van der Waals surface area contributed by atoms with Crippen molar-refractivity contribution in [2.45, 2.75) is 82.9 Å². The van der Waals surface area contributed by atoms with Crippen molar-refractivity contribution in [3.63, 3.8) is 0 Å². The van der Waals surface area contributed by atoms with Crippen molar-refractivity contribution in [3.05, 3.63) is 0 Å². The van der Waals surface area contributed by atoms with Crippen molar-refractivity contribution in [3.8, 4) is 0 Å². The van der Waals surface area contributed by atoms with Crippen LogP contribution < -0.4 is 5.32 Å². The van der Waals surface area contributed by atoms with Gasteiger partial charge in [-0.25, -0.2) is 0 Å². The van der Waals surface area contributed by atoms with Gasteiger partial charge in [0, 0.05) is 17.3 Å². The smallest absolute Gasteiger partial charge is 0.0281 e. The van der Waals surface area contributed by atoms with Gasteiger partial charge in [0.2, 0.25) is 0 Å². The number of nitrogens with one attached hydrogen (secondary N) is 1. The van der Waals surface area contributed by atoms with E-state index in [-0.39, 0.29) is 0 Å². The Morgan fingerprint density at radius 2 is 1.79 bits per heavy atom. The molecule has 112 valence electrons. The van der Waals surface area contributed by atoms with Crippen molar-refractivity contribution in [1.82, 2.24) is 5.32 Å². The highest BCUT2D eigenvalue weighted by molar-refractivity contribution is 8.00. The van der Waals surface area contributed by atoms with Gasteiger partial charge < -0.3 is 5.32 Å². The molecule has 2 unspecified atom stereocenters. The van der Waals surface area contributed by atoms with E-state index in [1.807, 2.05) is 0 Å². The summed E-state index contributed by atoms with van der Waals surface area (Å²) in [4.78, 5) is 0. The zero-order valence-electron chi connectivity index (χ0n) is 13.4. The van der Waals surface area contributed by atoms with E-state index in [2.05, 4.69) is 44.1 Å². The summed E-state index contributed by atoms with van der Waals surface area (Å²) in [5.74, 6) is 0.839. The Morgan fingerprint density at radius 1 is 1.11 bits per heavy atom. The van der Waals surface area contributed by atoms with Gasteiger partial charge in [0.25, 0.3) is 0 Å². The summed E-state index contributed by atoms with van der Waals surface area (Å²) in [7, 11) is 0. The van der Waals surface area contributed by atoms with Crippen LogP contribution in [0.5, 0.6) is 0 Å². The van der Waals surface area contributed by atoms with Gasteiger partial charge in [0.1, 0.15) is 0 Å². The van der Waals surface area contributed by atoms with Crippen molar-refractivity contribution >= 4 is 11.8 Å². The van der Waals surface area contributed by atoms with Crippen LogP contribution >= 0.6 is 11.8 Å². The molecule has 0 heterocycles. The second-order valence-corrected chi connectivity index (χ2v) is 9.09. The van der Waals surface area contributed by atoms with E-state index in [1.165, 1.54) is 57.9 Å². The third kappa shape index (κ3) is 4.14. The molecule has 1 N–H and O–H groups in total. The topological polar surface area (TPSA) is 12.0 Å². The first-order chi connectivity index (χ1) is 8.96. The molecule has 0 aliphatic heterocycles. The average molecular weight is 284 g/mol. The second kappa shape index (κ2) is 6.39. The van der Waals surface area contributed by atoms with E-state index >= 15 is 0 Å². The maximum Gasteiger partial charge on any atom is 0.0281 e. The molecule has 0 bridgehead atoms. The summed E-state index contributed by atoms with van der Waals surface area (Å²) in [6.45, 7) is 8.56. The van der Waals surface area contributed by atoms with Crippen LogP contribution in [0.4, 0.5) is 0 Å². The number of thioether (sulfide) groups is 1. The van der Waals surface area contributed by atoms with Crippen LogP contribution in [0.3, 0.4) is 0 Å². The predicted molar refractivity (Wildman–Crippen MR) is 87.9 cm³/mol. The zero-order chi connectivity index (χ0) is 13.9. The lowest BCUT2D eigenvalue weighted by Gasteiger charge is -2.42. The van der Waals surface area contributed by atoms with Gasteiger partial charge in [-0.05, 0) is 49.7 Å². The monoisotopic (exact) mass is 283 g/mol. The van der Waals surface area contributed by atoms with Crippen LogP contribution in [0.2, 0.25) is 0 Å². The Hall–Kier alpha value is 0.310. The van der Waals surface area contributed by atoms with E-state index in [1.54, 1.807) is 0 Å². The van der Waals surface area contributed by atoms with Crippen molar-refractivity contribution in [2.24, 2.45) is 11.3 Å². The molecule has 1 nitrogen and oxygen atoms in total. The Bertz CT molecular complexity index is 281. The van der Waals surface area contributed by atoms with Crippen LogP contribution in [-0.2, 0) is 0 Å². The van der Waals surface area contributed by atoms with Gasteiger partial charge in [0.05, 0.1) is 0 Å². The molecule has 0 radical (unpaired) electrons. The maximum atomic E-state index is 3.95. The molecule has 0 spiro atoms. The SMILES string of the molecule is CSC1(CNC2CCC(C)(C)CC2C)CCCCC1. The molecule has 2 aliphatic rings. The summed E-state index contributed by atoms with van der Waals surface area (Å²) in [5.41, 5.74) is 0.569. The largest absolute Gasteiger partial charge is 0.312 e. The van der Waals surface area contributed by atoms with E-state index < -0.39 is 0 Å². The molecule has 2 aliphatic carbocycles. The molecule has 0 saturated heterocycles. The minimum Gasteiger partial charge on any atom is -0.312 e. The number of hydrogen-bond donors (Lipinski definition) is 1. The zero-order valence-corrected chi connectivity index (χ0v) is 14.2. The highest BCUT2D eigenvalue weighted by Gasteiger charge is 2.35. The van der Waals surface area contributed by atoms with Gasteiger partial charge in [0.15, 0.2) is 0 Å². The maximum absolute atomic E-state index is 3.95. The van der Waals surface area contributed by atoms with Gasteiger partial charge in [-0.1, -0.05) is 40.0 Å². The fraction of sp³-hybridized carbons (Fsp3) is 1.00. The fourth-order valence-corrected chi connectivity index (χ4v) is 5.14. The molecule has 2 heteroatoms. The van der Waals surface area contributed by atoms with Gasteiger partial charge >= 0.3 is 0 Å². The van der Waals surface area contributed by atoms with Crippen molar-refractivity contribution in [2.75, 3.05) is 12.8 Å². The Balaban J connectivity index is 1.84. The van der Waals surface area contributed by atoms with Crippen LogP contribution in [0.1, 0.15) is 72.1 Å². The van der Waals surface area contributed by atoms with Gasteiger partial charge in [-0.15, -0.1) is 0 Å². The van der Waals surface area contributed by atoms with Crippen molar-refractivity contribution < 1.29 is 0 Å². The summed E-state index contributed by atoms with van der Waals surface area (Å²) >= 11 is 2.12. The Morgan fingerprint density at radius 3 is 2.37 bits per heavy atom. The molecule has 0 aromatic heterocycles. The molecular weight excluding hydrogens is 250 g/mol. The molecular formula is C17H33NS. The quantitative estimate of drug-likeness (QED) is 0.791. The molecule has 0 aromatic rings. The van der Waals surface area contributed by atoms with Crippen LogP contribution in [0.25, 0.3) is 0 Å². The minimum atomic E-state index is 0.547. The first-order valence-corrected chi connectivity index (χ1v) is 9.47. The minimum absolute atomic E-state index is 0.547. The van der Waals surface area contributed by atoms with Crippen LogP contribution in [0.15, 0.2) is 0 Å². The molecule has 2 saturated carbocycles. The highest BCUT2D eigenvalue weighted by atomic mass is 32.2. The molecule has 2 rings (SSSR count). The molecule has 19 heavy (non-hydrogen) atoms. The molecule has 0 aromatic carbocycles. The van der Waals surface area contributed by atoms with E-state index in [4.69, 9.17) is 0 Å².